The molecule has 0 unspecified atom stereocenters. The Labute approximate surface area is 174 Å². The van der Waals surface area contributed by atoms with Crippen LogP contribution in [0.5, 0.6) is 5.88 Å². The summed E-state index contributed by atoms with van der Waals surface area (Å²) < 4.78 is 59.9. The Morgan fingerprint density at radius 3 is 2.63 bits per heavy atom. The number of aliphatic hydroxyl groups excluding tert-OH is 1. The summed E-state index contributed by atoms with van der Waals surface area (Å²) in [5, 5.41) is 12.0. The third kappa shape index (κ3) is 4.65. The lowest BCUT2D eigenvalue weighted by Gasteiger charge is -2.37. The number of carbonyl (C=O) groups is 1. The number of carbonyl (C=O) groups excluding carboxylic acids is 1. The molecule has 3 rings (SSSR count). The summed E-state index contributed by atoms with van der Waals surface area (Å²) >= 11 is 0. The van der Waals surface area contributed by atoms with E-state index in [1.54, 1.807) is 13.8 Å². The molecule has 2 N–H and O–H groups in total. The third-order valence-electron chi connectivity index (χ3n) is 5.20. The molecule has 12 heteroatoms. The highest BCUT2D eigenvalue weighted by Gasteiger charge is 2.38. The van der Waals surface area contributed by atoms with Crippen LogP contribution in [0.3, 0.4) is 0 Å². The van der Waals surface area contributed by atoms with Crippen LogP contribution < -0.4 is 14.4 Å². The molecule has 2 aliphatic heterocycles. The number of aromatic nitrogens is 1. The van der Waals surface area contributed by atoms with E-state index in [0.29, 0.717) is 0 Å². The number of anilines is 1. The minimum absolute atomic E-state index is 0.00231. The summed E-state index contributed by atoms with van der Waals surface area (Å²) in [7, 11) is -4.00. The lowest BCUT2D eigenvalue weighted by molar-refractivity contribution is 0.0490. The molecule has 1 fully saturated rings. The summed E-state index contributed by atoms with van der Waals surface area (Å²) in [6.45, 7) is 3.09. The van der Waals surface area contributed by atoms with E-state index in [9.17, 15) is 27.1 Å². The molecule has 2 aliphatic rings. The van der Waals surface area contributed by atoms with E-state index in [1.807, 2.05) is 0 Å². The maximum Gasteiger partial charge on any atom is 0.304 e. The van der Waals surface area contributed by atoms with Gasteiger partial charge in [-0.3, -0.25) is 4.79 Å². The number of piperidine rings is 1. The number of pyridine rings is 1. The summed E-state index contributed by atoms with van der Waals surface area (Å²) in [6, 6.07) is 1.37. The molecule has 0 spiro atoms. The molecule has 0 aromatic carbocycles. The van der Waals surface area contributed by atoms with Gasteiger partial charge in [0.25, 0.3) is 5.91 Å². The van der Waals surface area contributed by atoms with Gasteiger partial charge in [0.05, 0.1) is 24.3 Å². The van der Waals surface area contributed by atoms with Crippen molar-refractivity contribution in [1.82, 2.24) is 14.6 Å². The number of alkyl halides is 2. The maximum absolute atomic E-state index is 13.2. The number of ether oxygens (including phenoxy) is 1. The zero-order valence-electron chi connectivity index (χ0n) is 16.8. The number of nitrogens with zero attached hydrogens (tertiary/aromatic N) is 3. The van der Waals surface area contributed by atoms with E-state index in [1.165, 1.54) is 16.6 Å². The minimum atomic E-state index is -4.00. The first-order valence-corrected chi connectivity index (χ1v) is 11.1. The highest BCUT2D eigenvalue weighted by atomic mass is 32.2. The van der Waals surface area contributed by atoms with Gasteiger partial charge in [-0.1, -0.05) is 0 Å². The van der Waals surface area contributed by atoms with Gasteiger partial charge < -0.3 is 15.2 Å². The lowest BCUT2D eigenvalue weighted by atomic mass is 9.99. The van der Waals surface area contributed by atoms with Crippen LogP contribution in [0.2, 0.25) is 0 Å². The Morgan fingerprint density at radius 1 is 1.37 bits per heavy atom. The van der Waals surface area contributed by atoms with Crippen molar-refractivity contribution < 1.29 is 31.8 Å². The normalized spacial score (nSPS) is 18.8. The van der Waals surface area contributed by atoms with E-state index in [0.717, 1.165) is 4.31 Å². The number of amides is 1. The smallest absolute Gasteiger partial charge is 0.304 e. The van der Waals surface area contributed by atoms with Crippen LogP contribution in [-0.4, -0.2) is 73.5 Å². The van der Waals surface area contributed by atoms with Crippen molar-refractivity contribution in [3.05, 3.63) is 17.8 Å². The van der Waals surface area contributed by atoms with Crippen LogP contribution in [0, 0.1) is 5.92 Å². The molecule has 9 nitrogen and oxygen atoms in total. The van der Waals surface area contributed by atoms with E-state index in [4.69, 9.17) is 4.74 Å². The number of halogens is 2. The van der Waals surface area contributed by atoms with Crippen molar-refractivity contribution in [3.8, 4) is 5.88 Å². The molecule has 0 radical (unpaired) electrons. The molecule has 168 valence electrons. The Hall–Kier alpha value is -2.05. The number of aliphatic hydroxyl groups is 1. The minimum Gasteiger partial charge on any atom is -0.474 e. The average Bonchev–Trinajstić information content (AvgIpc) is 2.72. The fraction of sp³-hybridized carbons (Fsp3) is 0.667. The van der Waals surface area contributed by atoms with Crippen LogP contribution in [0.15, 0.2) is 12.3 Å². The van der Waals surface area contributed by atoms with Crippen molar-refractivity contribution >= 4 is 21.8 Å². The zero-order chi connectivity index (χ0) is 22.1. The molecule has 3 heterocycles. The van der Waals surface area contributed by atoms with Crippen molar-refractivity contribution in [1.29, 1.82) is 0 Å². The molecular formula is C18H26F2N4O5S. The maximum atomic E-state index is 13.2. The standard InChI is InChI=1S/C18H26F2N4O5S/c1-18(2,11-25)22-16(26)13-9-14-17(21-10-13)29-8-7-24(14)30(27,28)23-5-3-12(4-6-23)15(19)20/h9-10,12,15,25H,3-8,11H2,1-2H3,(H,22,26). The van der Waals surface area contributed by atoms with E-state index in [-0.39, 0.29) is 62.8 Å². The van der Waals surface area contributed by atoms with Gasteiger partial charge in [-0.15, -0.1) is 0 Å². The second kappa shape index (κ2) is 8.60. The Morgan fingerprint density at radius 2 is 2.03 bits per heavy atom. The second-order valence-electron chi connectivity index (χ2n) is 8.04. The Kier molecular flexibility index (Phi) is 6.48. The van der Waals surface area contributed by atoms with Gasteiger partial charge in [-0.25, -0.2) is 18.1 Å². The Balaban J connectivity index is 1.85. The monoisotopic (exact) mass is 448 g/mol. The molecule has 0 saturated carbocycles. The third-order valence-corrected chi connectivity index (χ3v) is 7.16. The van der Waals surface area contributed by atoms with Gasteiger partial charge in [-0.05, 0) is 32.8 Å². The zero-order valence-corrected chi connectivity index (χ0v) is 17.7. The van der Waals surface area contributed by atoms with Crippen molar-refractivity contribution in [2.45, 2.75) is 38.7 Å². The molecule has 0 aliphatic carbocycles. The number of nitrogens with one attached hydrogen (secondary N) is 1. The molecule has 1 amide bonds. The van der Waals surface area contributed by atoms with E-state index < -0.39 is 34.0 Å². The van der Waals surface area contributed by atoms with Crippen molar-refractivity contribution in [2.75, 3.05) is 37.2 Å². The second-order valence-corrected chi connectivity index (χ2v) is 9.90. The van der Waals surface area contributed by atoms with E-state index >= 15 is 0 Å². The van der Waals surface area contributed by atoms with Gasteiger partial charge in [0.15, 0.2) is 0 Å². The van der Waals surface area contributed by atoms with Crippen molar-refractivity contribution in [2.24, 2.45) is 5.92 Å². The van der Waals surface area contributed by atoms with Gasteiger partial charge in [0.2, 0.25) is 12.3 Å². The number of rotatable bonds is 6. The highest BCUT2D eigenvalue weighted by Crippen LogP contribution is 2.34. The molecular weight excluding hydrogens is 422 g/mol. The van der Waals surface area contributed by atoms with Crippen LogP contribution >= 0.6 is 0 Å². The van der Waals surface area contributed by atoms with Gasteiger partial charge in [0, 0.05) is 25.2 Å². The van der Waals surface area contributed by atoms with Crippen LogP contribution in [-0.2, 0) is 10.2 Å². The predicted molar refractivity (Wildman–Crippen MR) is 105 cm³/mol. The molecule has 1 saturated heterocycles. The van der Waals surface area contributed by atoms with Crippen molar-refractivity contribution in [3.63, 3.8) is 0 Å². The Bertz CT molecular complexity index is 889. The number of hydrogen-bond donors (Lipinski definition) is 2. The topological polar surface area (TPSA) is 112 Å². The summed E-state index contributed by atoms with van der Waals surface area (Å²) in [5.41, 5.74) is -0.645. The molecule has 30 heavy (non-hydrogen) atoms. The first kappa shape index (κ1) is 22.6. The number of fused-ring (bicyclic) bond motifs is 1. The molecule has 0 bridgehead atoms. The molecule has 1 aromatic rings. The van der Waals surface area contributed by atoms with Crippen LogP contribution in [0.4, 0.5) is 14.5 Å². The first-order valence-electron chi connectivity index (χ1n) is 9.67. The number of hydrogen-bond acceptors (Lipinski definition) is 6. The SMILES string of the molecule is CC(C)(CO)NC(=O)c1cnc2c(c1)N(S(=O)(=O)N1CCC(C(F)F)CC1)CCO2. The summed E-state index contributed by atoms with van der Waals surface area (Å²) in [6.07, 6.45) is -1.02. The van der Waals surface area contributed by atoms with Gasteiger partial charge in [-0.2, -0.15) is 12.7 Å². The lowest BCUT2D eigenvalue weighted by Crippen LogP contribution is -2.50. The van der Waals surface area contributed by atoms with Crippen LogP contribution in [0.25, 0.3) is 0 Å². The largest absolute Gasteiger partial charge is 0.474 e. The van der Waals surface area contributed by atoms with Gasteiger partial charge in [0.1, 0.15) is 12.3 Å². The quantitative estimate of drug-likeness (QED) is 0.672. The predicted octanol–water partition coefficient (Wildman–Crippen LogP) is 1.00. The first-order chi connectivity index (χ1) is 14.0. The molecule has 1 aromatic heterocycles. The average molecular weight is 448 g/mol. The summed E-state index contributed by atoms with van der Waals surface area (Å²) in [4.78, 5) is 16.6. The highest BCUT2D eigenvalue weighted by molar-refractivity contribution is 7.90. The van der Waals surface area contributed by atoms with E-state index in [2.05, 4.69) is 10.3 Å². The summed E-state index contributed by atoms with van der Waals surface area (Å²) in [5.74, 6) is -1.25. The van der Waals surface area contributed by atoms with Crippen LogP contribution in [0.1, 0.15) is 37.0 Å². The molecule has 0 atom stereocenters. The van der Waals surface area contributed by atoms with Gasteiger partial charge >= 0.3 is 10.2 Å². The fourth-order valence-electron chi connectivity index (χ4n) is 3.36. The fourth-order valence-corrected chi connectivity index (χ4v) is 4.99.